The molecule has 3 N–H and O–H groups in total. The highest BCUT2D eigenvalue weighted by molar-refractivity contribution is 6.31. The first-order valence-corrected chi connectivity index (χ1v) is 19.4. The maximum atomic E-state index is 12.7. The van der Waals surface area contributed by atoms with Crippen molar-refractivity contribution < 1.29 is 28.6 Å². The van der Waals surface area contributed by atoms with E-state index in [1.54, 1.807) is 146 Å². The molecule has 0 bridgehead atoms. The Bertz CT molecular complexity index is 2000. The van der Waals surface area contributed by atoms with Gasteiger partial charge in [-0.05, 0) is 146 Å². The number of halogens is 3. The van der Waals surface area contributed by atoms with Crippen LogP contribution in [0.1, 0.15) is 31.1 Å². The van der Waals surface area contributed by atoms with E-state index >= 15 is 0 Å². The van der Waals surface area contributed by atoms with Crippen molar-refractivity contribution in [1.29, 1.82) is 0 Å². The lowest BCUT2D eigenvalue weighted by atomic mass is 10.2. The van der Waals surface area contributed by atoms with Gasteiger partial charge in [-0.3, -0.25) is 19.3 Å². The van der Waals surface area contributed by atoms with E-state index in [0.29, 0.717) is 106 Å². The Morgan fingerprint density at radius 1 is 0.379 bits per heavy atom. The van der Waals surface area contributed by atoms with E-state index in [0.717, 1.165) is 0 Å². The van der Waals surface area contributed by atoms with Crippen LogP contribution in [-0.2, 0) is 0 Å². The predicted octanol–water partition coefficient (Wildman–Crippen LogP) is 10.2. The molecule has 13 heteroatoms. The number of amides is 3. The third-order valence-electron chi connectivity index (χ3n) is 8.68. The Labute approximate surface area is 351 Å². The minimum atomic E-state index is -0.244. The van der Waals surface area contributed by atoms with Gasteiger partial charge in [0.25, 0.3) is 17.7 Å². The van der Waals surface area contributed by atoms with E-state index in [-0.39, 0.29) is 17.7 Å². The Morgan fingerprint density at radius 3 is 0.862 bits per heavy atom. The molecule has 0 saturated carbocycles. The number of rotatable bonds is 18. The molecule has 3 amide bonds. The number of carbonyl (C=O) groups excluding carboxylic acids is 3. The van der Waals surface area contributed by atoms with Crippen LogP contribution in [0, 0.1) is 0 Å². The number of ether oxygens (including phenoxy) is 3. The standard InChI is InChI=1S/C45H39Cl3N4O6/c46-34-7-13-37(14-8-34)49-43(53)31-1-19-40(20-2-31)56-28-25-52(26-29-57-41-21-3-32(4-22-41)44(54)50-38-15-9-35(47)10-16-38)27-30-58-42-23-5-33(6-24-42)45(55)51-39-17-11-36(48)12-18-39/h1-24H,25-30H2,(H,49,53)(H,50,54)(H,51,55). The molecule has 0 heterocycles. The van der Waals surface area contributed by atoms with Crippen LogP contribution >= 0.6 is 34.8 Å². The summed E-state index contributed by atoms with van der Waals surface area (Å²) in [6, 6.07) is 41.5. The molecule has 0 aromatic heterocycles. The summed E-state index contributed by atoms with van der Waals surface area (Å²) in [6.45, 7) is 2.76. The molecule has 58 heavy (non-hydrogen) atoms. The fourth-order valence-corrected chi connectivity index (χ4v) is 5.91. The quantitative estimate of drug-likeness (QED) is 0.0789. The number of nitrogens with zero attached hydrogens (tertiary/aromatic N) is 1. The summed E-state index contributed by atoms with van der Waals surface area (Å²) in [5, 5.41) is 10.3. The zero-order valence-electron chi connectivity index (χ0n) is 31.1. The molecule has 0 unspecified atom stereocenters. The van der Waals surface area contributed by atoms with Gasteiger partial charge in [-0.15, -0.1) is 0 Å². The van der Waals surface area contributed by atoms with Crippen LogP contribution in [0.5, 0.6) is 17.2 Å². The Kier molecular flexibility index (Phi) is 15.0. The molecule has 0 spiro atoms. The lowest BCUT2D eigenvalue weighted by Gasteiger charge is -2.23. The van der Waals surface area contributed by atoms with Crippen LogP contribution in [0.4, 0.5) is 17.1 Å². The van der Waals surface area contributed by atoms with Crippen LogP contribution in [0.3, 0.4) is 0 Å². The topological polar surface area (TPSA) is 118 Å². The molecule has 6 rings (SSSR count). The maximum Gasteiger partial charge on any atom is 0.255 e. The third kappa shape index (κ3) is 13.0. The van der Waals surface area contributed by atoms with Gasteiger partial charge in [0.05, 0.1) is 0 Å². The van der Waals surface area contributed by atoms with E-state index < -0.39 is 0 Å². The fourth-order valence-electron chi connectivity index (χ4n) is 5.53. The highest BCUT2D eigenvalue weighted by Gasteiger charge is 2.12. The van der Waals surface area contributed by atoms with E-state index in [9.17, 15) is 14.4 Å². The largest absolute Gasteiger partial charge is 0.492 e. The molecule has 0 atom stereocenters. The number of hydrogen-bond donors (Lipinski definition) is 3. The first kappa shape index (κ1) is 41.6. The summed E-state index contributed by atoms with van der Waals surface area (Å²) in [5.74, 6) is 1.13. The van der Waals surface area contributed by atoms with E-state index in [2.05, 4.69) is 20.9 Å². The summed E-state index contributed by atoms with van der Waals surface area (Å²) >= 11 is 17.8. The Balaban J connectivity index is 1.00. The molecule has 296 valence electrons. The van der Waals surface area contributed by atoms with Gasteiger partial charge in [0, 0.05) is 68.5 Å². The van der Waals surface area contributed by atoms with Crippen molar-refractivity contribution >= 4 is 69.6 Å². The zero-order valence-corrected chi connectivity index (χ0v) is 33.4. The molecule has 0 aliphatic heterocycles. The van der Waals surface area contributed by atoms with Crippen LogP contribution in [0.25, 0.3) is 0 Å². The van der Waals surface area contributed by atoms with Crippen molar-refractivity contribution in [2.75, 3.05) is 55.4 Å². The SMILES string of the molecule is O=C(Nc1ccc(Cl)cc1)c1ccc(OCCN(CCOc2ccc(C(=O)Nc3ccc(Cl)cc3)cc2)CCOc2ccc(C(=O)Nc3ccc(Cl)cc3)cc2)cc1. The Hall–Kier alpha value is -6.04. The molecule has 0 aliphatic rings. The van der Waals surface area contributed by atoms with Crippen molar-refractivity contribution in [1.82, 2.24) is 4.90 Å². The fraction of sp³-hybridized carbons (Fsp3) is 0.133. The summed E-state index contributed by atoms with van der Waals surface area (Å²) in [5.41, 5.74) is 3.40. The predicted molar refractivity (Wildman–Crippen MR) is 230 cm³/mol. The van der Waals surface area contributed by atoms with Crippen LogP contribution in [-0.4, -0.2) is 62.1 Å². The lowest BCUT2D eigenvalue weighted by molar-refractivity contribution is 0.101. The second kappa shape index (κ2) is 20.9. The van der Waals surface area contributed by atoms with Gasteiger partial charge in [-0.2, -0.15) is 0 Å². The van der Waals surface area contributed by atoms with Crippen molar-refractivity contribution in [3.8, 4) is 17.2 Å². The number of anilines is 3. The first-order chi connectivity index (χ1) is 28.2. The summed E-state index contributed by atoms with van der Waals surface area (Å²) < 4.78 is 18.1. The minimum Gasteiger partial charge on any atom is -0.492 e. The summed E-state index contributed by atoms with van der Waals surface area (Å²) in [4.78, 5) is 40.3. The van der Waals surface area contributed by atoms with Gasteiger partial charge < -0.3 is 30.2 Å². The zero-order chi connectivity index (χ0) is 40.7. The van der Waals surface area contributed by atoms with E-state index in [1.165, 1.54) is 0 Å². The molecular formula is C45H39Cl3N4O6. The average Bonchev–Trinajstić information content (AvgIpc) is 3.24. The van der Waals surface area contributed by atoms with Gasteiger partial charge >= 0.3 is 0 Å². The van der Waals surface area contributed by atoms with Crippen molar-refractivity contribution in [3.63, 3.8) is 0 Å². The van der Waals surface area contributed by atoms with Gasteiger partial charge in [-0.25, -0.2) is 0 Å². The summed E-state index contributed by atoms with van der Waals surface area (Å²) in [7, 11) is 0. The highest BCUT2D eigenvalue weighted by atomic mass is 35.5. The van der Waals surface area contributed by atoms with Gasteiger partial charge in [0.2, 0.25) is 0 Å². The number of carbonyl (C=O) groups is 3. The molecule has 6 aromatic carbocycles. The number of hydrogen-bond acceptors (Lipinski definition) is 7. The summed E-state index contributed by atoms with van der Waals surface area (Å²) in [6.07, 6.45) is 0. The molecule has 0 radical (unpaired) electrons. The van der Waals surface area contributed by atoms with Crippen LogP contribution in [0.2, 0.25) is 15.1 Å². The second-order valence-electron chi connectivity index (χ2n) is 12.8. The van der Waals surface area contributed by atoms with E-state index in [4.69, 9.17) is 49.0 Å². The maximum absolute atomic E-state index is 12.7. The highest BCUT2D eigenvalue weighted by Crippen LogP contribution is 2.20. The molecule has 0 aliphatic carbocycles. The third-order valence-corrected chi connectivity index (χ3v) is 9.44. The smallest absolute Gasteiger partial charge is 0.255 e. The Morgan fingerprint density at radius 2 is 0.621 bits per heavy atom. The first-order valence-electron chi connectivity index (χ1n) is 18.3. The molecule has 6 aromatic rings. The van der Waals surface area contributed by atoms with Gasteiger partial charge in [-0.1, -0.05) is 34.8 Å². The second-order valence-corrected chi connectivity index (χ2v) is 14.2. The van der Waals surface area contributed by atoms with Crippen molar-refractivity contribution in [2.45, 2.75) is 0 Å². The van der Waals surface area contributed by atoms with Crippen molar-refractivity contribution in [3.05, 3.63) is 177 Å². The minimum absolute atomic E-state index is 0.244. The van der Waals surface area contributed by atoms with Crippen LogP contribution in [0.15, 0.2) is 146 Å². The monoisotopic (exact) mass is 836 g/mol. The number of benzene rings is 6. The average molecular weight is 838 g/mol. The molecule has 0 fully saturated rings. The molecule has 0 saturated heterocycles. The van der Waals surface area contributed by atoms with Crippen LogP contribution < -0.4 is 30.2 Å². The van der Waals surface area contributed by atoms with Gasteiger partial charge in [0.1, 0.15) is 37.1 Å². The molecular weight excluding hydrogens is 799 g/mol. The molecule has 10 nitrogen and oxygen atoms in total. The number of nitrogens with one attached hydrogen (secondary N) is 3. The van der Waals surface area contributed by atoms with Crippen molar-refractivity contribution in [2.24, 2.45) is 0 Å². The van der Waals surface area contributed by atoms with Gasteiger partial charge in [0.15, 0.2) is 0 Å². The normalized spacial score (nSPS) is 10.8. The van der Waals surface area contributed by atoms with E-state index in [1.807, 2.05) is 0 Å². The lowest BCUT2D eigenvalue weighted by Crippen LogP contribution is -2.35.